The van der Waals surface area contributed by atoms with Crippen molar-refractivity contribution >= 4 is 28.7 Å². The van der Waals surface area contributed by atoms with Gasteiger partial charge in [0.2, 0.25) is 5.90 Å². The zero-order chi connectivity index (χ0) is 20.2. The number of fused-ring (bicyclic) bond motifs is 1. The molecule has 0 saturated carbocycles. The van der Waals surface area contributed by atoms with Gasteiger partial charge in [0.05, 0.1) is 13.2 Å². The first-order chi connectivity index (χ1) is 14.2. The van der Waals surface area contributed by atoms with Crippen molar-refractivity contribution < 1.29 is 19.0 Å². The average Bonchev–Trinajstić information content (AvgIpc) is 3.10. The summed E-state index contributed by atoms with van der Waals surface area (Å²) in [5, 5.41) is 2.05. The first kappa shape index (κ1) is 18.7. The van der Waals surface area contributed by atoms with E-state index >= 15 is 0 Å². The number of rotatable bonds is 6. The zero-order valence-electron chi connectivity index (χ0n) is 16.3. The van der Waals surface area contributed by atoms with Gasteiger partial charge in [-0.3, -0.25) is 0 Å². The molecule has 0 saturated heterocycles. The van der Waals surface area contributed by atoms with Crippen molar-refractivity contribution in [3.63, 3.8) is 0 Å². The van der Waals surface area contributed by atoms with Crippen molar-refractivity contribution in [1.29, 1.82) is 0 Å². The third-order valence-corrected chi connectivity index (χ3v) is 4.51. The summed E-state index contributed by atoms with van der Waals surface area (Å²) in [5.41, 5.74) is 1.83. The van der Waals surface area contributed by atoms with Gasteiger partial charge in [-0.1, -0.05) is 42.5 Å². The third-order valence-electron chi connectivity index (χ3n) is 4.51. The Balaban J connectivity index is 1.70. The van der Waals surface area contributed by atoms with E-state index in [0.29, 0.717) is 30.6 Å². The van der Waals surface area contributed by atoms with Crippen molar-refractivity contribution in [1.82, 2.24) is 0 Å². The lowest BCUT2D eigenvalue weighted by molar-refractivity contribution is -0.129. The molecule has 0 N–H and O–H groups in total. The number of carbonyl (C=O) groups excluding carboxylic acids is 1. The van der Waals surface area contributed by atoms with Crippen molar-refractivity contribution in [2.75, 3.05) is 13.2 Å². The molecule has 5 nitrogen and oxygen atoms in total. The first-order valence-electron chi connectivity index (χ1n) is 9.60. The SMILES string of the molecule is CCOc1ccc(/C=C2\N=C(c3cccc4ccccc34)OC2=O)cc1OCC. The second-order valence-corrected chi connectivity index (χ2v) is 6.43. The Hall–Kier alpha value is -3.60. The van der Waals surface area contributed by atoms with Crippen LogP contribution >= 0.6 is 0 Å². The largest absolute Gasteiger partial charge is 0.490 e. The highest BCUT2D eigenvalue weighted by Crippen LogP contribution is 2.30. The zero-order valence-corrected chi connectivity index (χ0v) is 16.3. The maximum absolute atomic E-state index is 12.4. The quantitative estimate of drug-likeness (QED) is 0.442. The molecule has 146 valence electrons. The number of esters is 1. The minimum absolute atomic E-state index is 0.250. The molecule has 3 aromatic rings. The molecule has 0 fully saturated rings. The van der Waals surface area contributed by atoms with Gasteiger partial charge in [0.1, 0.15) is 0 Å². The predicted octanol–water partition coefficient (Wildman–Crippen LogP) is 4.98. The molecule has 0 aliphatic carbocycles. The third kappa shape index (κ3) is 3.85. The van der Waals surface area contributed by atoms with Gasteiger partial charge in [0.25, 0.3) is 0 Å². The Labute approximate surface area is 169 Å². The smallest absolute Gasteiger partial charge is 0.363 e. The molecule has 1 aliphatic rings. The molecule has 5 heteroatoms. The van der Waals surface area contributed by atoms with Crippen molar-refractivity contribution in [2.24, 2.45) is 4.99 Å². The molecule has 1 heterocycles. The maximum Gasteiger partial charge on any atom is 0.363 e. The van der Waals surface area contributed by atoms with Crippen LogP contribution in [-0.4, -0.2) is 25.1 Å². The van der Waals surface area contributed by atoms with Crippen LogP contribution in [0.5, 0.6) is 11.5 Å². The lowest BCUT2D eigenvalue weighted by Crippen LogP contribution is -2.05. The molecular formula is C24H21NO4. The fraction of sp³-hybridized carbons (Fsp3) is 0.167. The lowest BCUT2D eigenvalue weighted by Gasteiger charge is -2.11. The number of aliphatic imine (C=N–C) groups is 1. The van der Waals surface area contributed by atoms with Crippen molar-refractivity contribution in [3.8, 4) is 11.5 Å². The van der Waals surface area contributed by atoms with Gasteiger partial charge in [-0.25, -0.2) is 9.79 Å². The topological polar surface area (TPSA) is 57.1 Å². The van der Waals surface area contributed by atoms with E-state index < -0.39 is 5.97 Å². The number of carbonyl (C=O) groups is 1. The summed E-state index contributed by atoms with van der Waals surface area (Å²) in [5.74, 6) is 1.15. The van der Waals surface area contributed by atoms with Crippen LogP contribution in [0.15, 0.2) is 71.4 Å². The number of ether oxygens (including phenoxy) is 3. The number of cyclic esters (lactones) is 1. The van der Waals surface area contributed by atoms with Gasteiger partial charge in [0, 0.05) is 5.56 Å². The van der Waals surface area contributed by atoms with E-state index in [-0.39, 0.29) is 5.70 Å². The Kier molecular flexibility index (Phi) is 5.29. The number of hydrogen-bond donors (Lipinski definition) is 0. The van der Waals surface area contributed by atoms with Crippen LogP contribution in [0.25, 0.3) is 16.8 Å². The summed E-state index contributed by atoms with van der Waals surface area (Å²) in [6.45, 7) is 4.90. The maximum atomic E-state index is 12.4. The summed E-state index contributed by atoms with van der Waals surface area (Å²) >= 11 is 0. The minimum Gasteiger partial charge on any atom is -0.490 e. The minimum atomic E-state index is -0.472. The highest BCUT2D eigenvalue weighted by Gasteiger charge is 2.25. The van der Waals surface area contributed by atoms with E-state index in [2.05, 4.69) is 4.99 Å². The normalized spacial score (nSPS) is 14.8. The van der Waals surface area contributed by atoms with Gasteiger partial charge >= 0.3 is 5.97 Å². The van der Waals surface area contributed by atoms with E-state index in [9.17, 15) is 4.79 Å². The van der Waals surface area contributed by atoms with Crippen molar-refractivity contribution in [3.05, 3.63) is 77.5 Å². The molecule has 0 unspecified atom stereocenters. The van der Waals surface area contributed by atoms with E-state index in [4.69, 9.17) is 14.2 Å². The van der Waals surface area contributed by atoms with Crippen LogP contribution in [0.4, 0.5) is 0 Å². The number of hydrogen-bond acceptors (Lipinski definition) is 5. The predicted molar refractivity (Wildman–Crippen MR) is 113 cm³/mol. The Bertz CT molecular complexity index is 1130. The average molecular weight is 387 g/mol. The molecule has 0 atom stereocenters. The van der Waals surface area contributed by atoms with Gasteiger partial charge in [-0.2, -0.15) is 0 Å². The standard InChI is InChI=1S/C24H21NO4/c1-3-27-21-13-12-16(15-22(21)28-4-2)14-20-24(26)29-23(25-20)19-11-7-9-17-8-5-6-10-18(17)19/h5-15H,3-4H2,1-2H3/b20-14-. The van der Waals surface area contributed by atoms with Crippen LogP contribution in [0.3, 0.4) is 0 Å². The highest BCUT2D eigenvalue weighted by molar-refractivity contribution is 6.17. The number of benzene rings is 3. The molecule has 3 aromatic carbocycles. The lowest BCUT2D eigenvalue weighted by atomic mass is 10.0. The fourth-order valence-corrected chi connectivity index (χ4v) is 3.25. The molecule has 0 spiro atoms. The van der Waals surface area contributed by atoms with Gasteiger partial charge in [-0.05, 0) is 54.5 Å². The summed E-state index contributed by atoms with van der Waals surface area (Å²) in [4.78, 5) is 16.9. The molecule has 29 heavy (non-hydrogen) atoms. The summed E-state index contributed by atoms with van der Waals surface area (Å²) in [6, 6.07) is 19.3. The molecule has 4 rings (SSSR count). The molecule has 0 bridgehead atoms. The second-order valence-electron chi connectivity index (χ2n) is 6.43. The monoisotopic (exact) mass is 387 g/mol. The molecule has 0 amide bonds. The summed E-state index contributed by atoms with van der Waals surface area (Å²) in [7, 11) is 0. The van der Waals surface area contributed by atoms with Gasteiger partial charge < -0.3 is 14.2 Å². The Morgan fingerprint density at radius 3 is 2.52 bits per heavy atom. The second kappa shape index (κ2) is 8.19. The van der Waals surface area contributed by atoms with E-state index in [0.717, 1.165) is 21.9 Å². The Morgan fingerprint density at radius 1 is 0.931 bits per heavy atom. The van der Waals surface area contributed by atoms with E-state index in [1.54, 1.807) is 6.08 Å². The molecule has 0 radical (unpaired) electrons. The van der Waals surface area contributed by atoms with Crippen LogP contribution in [0, 0.1) is 0 Å². The first-order valence-corrected chi connectivity index (χ1v) is 9.60. The van der Waals surface area contributed by atoms with Crippen LogP contribution < -0.4 is 9.47 Å². The van der Waals surface area contributed by atoms with Crippen LogP contribution in [0.1, 0.15) is 25.0 Å². The van der Waals surface area contributed by atoms with Crippen LogP contribution in [-0.2, 0) is 9.53 Å². The van der Waals surface area contributed by atoms with E-state index in [1.807, 2.05) is 74.5 Å². The van der Waals surface area contributed by atoms with Crippen molar-refractivity contribution in [2.45, 2.75) is 13.8 Å². The molecule has 1 aliphatic heterocycles. The fourth-order valence-electron chi connectivity index (χ4n) is 3.25. The van der Waals surface area contributed by atoms with Gasteiger partial charge in [0.15, 0.2) is 17.2 Å². The highest BCUT2D eigenvalue weighted by atomic mass is 16.6. The molecule has 0 aromatic heterocycles. The summed E-state index contributed by atoms with van der Waals surface area (Å²) in [6.07, 6.45) is 1.69. The molecular weight excluding hydrogens is 366 g/mol. The van der Waals surface area contributed by atoms with Gasteiger partial charge in [-0.15, -0.1) is 0 Å². The van der Waals surface area contributed by atoms with E-state index in [1.165, 1.54) is 0 Å². The number of nitrogens with zero attached hydrogens (tertiary/aromatic N) is 1. The summed E-state index contributed by atoms with van der Waals surface area (Å²) < 4.78 is 16.7. The van der Waals surface area contributed by atoms with Crippen LogP contribution in [0.2, 0.25) is 0 Å². The Morgan fingerprint density at radius 2 is 1.69 bits per heavy atom.